The zero-order valence-electron chi connectivity index (χ0n) is 23.0. The van der Waals surface area contributed by atoms with Gasteiger partial charge in [0.15, 0.2) is 0 Å². The number of methoxy groups -OCH3 is 1. The van der Waals surface area contributed by atoms with Crippen molar-refractivity contribution in [3.63, 3.8) is 0 Å². The minimum Gasteiger partial charge on any atom is -0.496 e. The molecular formula is C34H42N2O2. The molecule has 0 aromatic heterocycles. The van der Waals surface area contributed by atoms with Gasteiger partial charge in [-0.25, -0.2) is 0 Å². The lowest BCUT2D eigenvalue weighted by molar-refractivity contribution is -0.132. The van der Waals surface area contributed by atoms with Crippen molar-refractivity contribution >= 4 is 5.91 Å². The summed E-state index contributed by atoms with van der Waals surface area (Å²) in [6.07, 6.45) is 4.49. The Hall–Kier alpha value is -3.11. The van der Waals surface area contributed by atoms with Gasteiger partial charge in [-0.3, -0.25) is 4.79 Å². The molecule has 38 heavy (non-hydrogen) atoms. The lowest BCUT2D eigenvalue weighted by Gasteiger charge is -2.35. The molecule has 2 aliphatic heterocycles. The van der Waals surface area contributed by atoms with Gasteiger partial charge in [-0.2, -0.15) is 0 Å². The quantitative estimate of drug-likeness (QED) is 0.335. The van der Waals surface area contributed by atoms with Crippen LogP contribution >= 0.6 is 0 Å². The highest BCUT2D eigenvalue weighted by molar-refractivity contribution is 5.84. The van der Waals surface area contributed by atoms with Crippen LogP contribution in [0.1, 0.15) is 54.7 Å². The number of benzene rings is 3. The van der Waals surface area contributed by atoms with Gasteiger partial charge in [0.2, 0.25) is 5.91 Å². The molecule has 1 amide bonds. The number of para-hydroxylation sites is 1. The van der Waals surface area contributed by atoms with Gasteiger partial charge >= 0.3 is 0 Å². The van der Waals surface area contributed by atoms with Crippen LogP contribution in [-0.2, 0) is 11.2 Å². The largest absolute Gasteiger partial charge is 0.496 e. The van der Waals surface area contributed by atoms with Crippen molar-refractivity contribution in [1.82, 2.24) is 9.80 Å². The summed E-state index contributed by atoms with van der Waals surface area (Å²) in [5.74, 6) is 2.56. The molecule has 0 saturated carbocycles. The third-order valence-corrected chi connectivity index (χ3v) is 8.77. The number of nitrogens with zero attached hydrogens (tertiary/aromatic N) is 2. The minimum atomic E-state index is -0.0815. The number of rotatable bonds is 9. The van der Waals surface area contributed by atoms with E-state index in [0.717, 1.165) is 56.4 Å². The highest BCUT2D eigenvalue weighted by Crippen LogP contribution is 2.40. The van der Waals surface area contributed by atoms with Gasteiger partial charge in [0.1, 0.15) is 5.75 Å². The molecule has 0 radical (unpaired) electrons. The fourth-order valence-electron chi connectivity index (χ4n) is 6.67. The SMILES string of the molecule is CC[C@@H](C(=O)N1C[C@@H](CN2CCC(Cc3ccccc3)CC2)[C@@H](c2ccccc2OC)C1)c1ccccc1. The summed E-state index contributed by atoms with van der Waals surface area (Å²) in [4.78, 5) is 18.6. The Bertz CT molecular complexity index is 1160. The van der Waals surface area contributed by atoms with Crippen molar-refractivity contribution in [2.24, 2.45) is 11.8 Å². The van der Waals surface area contributed by atoms with E-state index in [4.69, 9.17) is 4.74 Å². The average Bonchev–Trinajstić information content (AvgIpc) is 3.39. The van der Waals surface area contributed by atoms with Crippen molar-refractivity contribution in [2.75, 3.05) is 39.8 Å². The molecule has 2 saturated heterocycles. The zero-order chi connectivity index (χ0) is 26.3. The highest BCUT2D eigenvalue weighted by atomic mass is 16.5. The maximum absolute atomic E-state index is 13.8. The Kier molecular flexibility index (Phi) is 8.80. The summed E-state index contributed by atoms with van der Waals surface area (Å²) >= 11 is 0. The first kappa shape index (κ1) is 26.5. The van der Waals surface area contributed by atoms with Crippen LogP contribution in [0.25, 0.3) is 0 Å². The lowest BCUT2D eigenvalue weighted by Crippen LogP contribution is -2.39. The third kappa shape index (κ3) is 6.13. The third-order valence-electron chi connectivity index (χ3n) is 8.77. The van der Waals surface area contributed by atoms with Crippen LogP contribution in [0, 0.1) is 11.8 Å². The normalized spacial score (nSPS) is 21.4. The van der Waals surface area contributed by atoms with Gasteiger partial charge in [0, 0.05) is 25.6 Å². The second kappa shape index (κ2) is 12.6. The van der Waals surface area contributed by atoms with Crippen LogP contribution in [-0.4, -0.2) is 55.5 Å². The fourth-order valence-corrected chi connectivity index (χ4v) is 6.67. The van der Waals surface area contributed by atoms with E-state index in [9.17, 15) is 4.79 Å². The van der Waals surface area contributed by atoms with Crippen molar-refractivity contribution in [3.05, 3.63) is 102 Å². The second-order valence-electron chi connectivity index (χ2n) is 11.2. The number of likely N-dealkylation sites (tertiary alicyclic amines) is 2. The first-order chi connectivity index (χ1) is 18.7. The van der Waals surface area contributed by atoms with E-state index < -0.39 is 0 Å². The second-order valence-corrected chi connectivity index (χ2v) is 11.2. The Labute approximate surface area is 228 Å². The number of hydrogen-bond donors (Lipinski definition) is 0. The van der Waals surface area contributed by atoms with Crippen LogP contribution in [0.15, 0.2) is 84.9 Å². The summed E-state index contributed by atoms with van der Waals surface area (Å²) in [5, 5.41) is 0. The van der Waals surface area contributed by atoms with E-state index in [2.05, 4.69) is 77.4 Å². The fraction of sp³-hybridized carbons (Fsp3) is 0.441. The van der Waals surface area contributed by atoms with Crippen LogP contribution in [0.2, 0.25) is 0 Å². The maximum atomic E-state index is 13.8. The summed E-state index contributed by atoms with van der Waals surface area (Å²) in [5.41, 5.74) is 3.82. The van der Waals surface area contributed by atoms with E-state index in [1.807, 2.05) is 24.3 Å². The molecular weight excluding hydrogens is 468 g/mol. The smallest absolute Gasteiger partial charge is 0.230 e. The summed E-state index contributed by atoms with van der Waals surface area (Å²) < 4.78 is 5.78. The Morgan fingerprint density at radius 3 is 2.24 bits per heavy atom. The molecule has 0 spiro atoms. The number of ether oxygens (including phenoxy) is 1. The van der Waals surface area contributed by atoms with Crippen LogP contribution < -0.4 is 4.74 Å². The van der Waals surface area contributed by atoms with Gasteiger partial charge in [0.25, 0.3) is 0 Å². The maximum Gasteiger partial charge on any atom is 0.230 e. The van der Waals surface area contributed by atoms with Crippen LogP contribution in [0.5, 0.6) is 5.75 Å². The molecule has 0 unspecified atom stereocenters. The predicted molar refractivity (Wildman–Crippen MR) is 155 cm³/mol. The summed E-state index contributed by atoms with van der Waals surface area (Å²) in [6.45, 7) is 7.02. The van der Waals surface area contributed by atoms with Gasteiger partial charge < -0.3 is 14.5 Å². The Morgan fingerprint density at radius 2 is 1.55 bits per heavy atom. The molecule has 3 atom stereocenters. The van der Waals surface area contributed by atoms with Gasteiger partial charge in [-0.1, -0.05) is 85.8 Å². The molecule has 4 nitrogen and oxygen atoms in total. The van der Waals surface area contributed by atoms with Crippen molar-refractivity contribution in [2.45, 2.75) is 44.4 Å². The molecule has 0 aliphatic carbocycles. The van der Waals surface area contributed by atoms with E-state index in [1.54, 1.807) is 7.11 Å². The first-order valence-corrected chi connectivity index (χ1v) is 14.4. The lowest BCUT2D eigenvalue weighted by atomic mass is 9.86. The molecule has 2 aliphatic rings. The number of hydrogen-bond acceptors (Lipinski definition) is 3. The van der Waals surface area contributed by atoms with Gasteiger partial charge in [0.05, 0.1) is 13.0 Å². The Morgan fingerprint density at radius 1 is 0.895 bits per heavy atom. The number of carbonyl (C=O) groups is 1. The topological polar surface area (TPSA) is 32.8 Å². The molecule has 3 aromatic carbocycles. The van der Waals surface area contributed by atoms with Gasteiger partial charge in [-0.15, -0.1) is 0 Å². The molecule has 4 heteroatoms. The summed E-state index contributed by atoms with van der Waals surface area (Å²) in [6, 6.07) is 29.6. The zero-order valence-corrected chi connectivity index (χ0v) is 23.0. The highest BCUT2D eigenvalue weighted by Gasteiger charge is 2.40. The molecule has 2 heterocycles. The van der Waals surface area contributed by atoms with E-state index in [-0.39, 0.29) is 17.7 Å². The van der Waals surface area contributed by atoms with E-state index in [1.165, 1.54) is 30.4 Å². The molecule has 3 aromatic rings. The minimum absolute atomic E-state index is 0.0815. The monoisotopic (exact) mass is 510 g/mol. The summed E-state index contributed by atoms with van der Waals surface area (Å²) in [7, 11) is 1.76. The molecule has 5 rings (SSSR count). The predicted octanol–water partition coefficient (Wildman–Crippen LogP) is 6.39. The van der Waals surface area contributed by atoms with Crippen LogP contribution in [0.3, 0.4) is 0 Å². The standard InChI is InChI=1S/C34H42N2O2/c1-3-30(28-14-8-5-9-15-28)34(37)36-24-29(32(25-36)31-16-10-11-17-33(31)38-2)23-35-20-18-27(19-21-35)22-26-12-6-4-7-13-26/h4-17,27,29-30,32H,3,18-25H2,1-2H3/t29-,30-,32+/m1/s1. The van der Waals surface area contributed by atoms with Crippen molar-refractivity contribution in [3.8, 4) is 5.75 Å². The van der Waals surface area contributed by atoms with E-state index in [0.29, 0.717) is 5.92 Å². The number of amides is 1. The van der Waals surface area contributed by atoms with Crippen molar-refractivity contribution < 1.29 is 9.53 Å². The number of carbonyl (C=O) groups excluding carboxylic acids is 1. The van der Waals surface area contributed by atoms with Gasteiger partial charge in [-0.05, 0) is 73.4 Å². The van der Waals surface area contributed by atoms with E-state index >= 15 is 0 Å². The first-order valence-electron chi connectivity index (χ1n) is 14.4. The number of piperidine rings is 1. The molecule has 0 bridgehead atoms. The molecule has 0 N–H and O–H groups in total. The molecule has 200 valence electrons. The van der Waals surface area contributed by atoms with Crippen LogP contribution in [0.4, 0.5) is 0 Å². The Balaban J connectivity index is 1.29. The van der Waals surface area contributed by atoms with Crippen molar-refractivity contribution in [1.29, 1.82) is 0 Å². The molecule has 2 fully saturated rings. The average molecular weight is 511 g/mol.